The second-order valence-corrected chi connectivity index (χ2v) is 7.41. The summed E-state index contributed by atoms with van der Waals surface area (Å²) in [4.78, 5) is 17.5. The van der Waals surface area contributed by atoms with Gasteiger partial charge in [0.15, 0.2) is 0 Å². The van der Waals surface area contributed by atoms with Gasteiger partial charge in [0, 0.05) is 28.3 Å². The zero-order chi connectivity index (χ0) is 19.2. The number of aromatic nitrogens is 2. The summed E-state index contributed by atoms with van der Waals surface area (Å²) in [5.74, 6) is 0.846. The number of hydrogen-bond acceptors (Lipinski definition) is 6. The summed E-state index contributed by atoms with van der Waals surface area (Å²) in [6.45, 7) is 2.02. The Balaban J connectivity index is 1.51. The van der Waals surface area contributed by atoms with Gasteiger partial charge >= 0.3 is 0 Å². The molecular formula is C19H17ClN4O2S. The molecule has 3 rings (SSSR count). The molecule has 6 nitrogen and oxygen atoms in total. The van der Waals surface area contributed by atoms with E-state index >= 15 is 0 Å². The van der Waals surface area contributed by atoms with Gasteiger partial charge in [-0.3, -0.25) is 4.79 Å². The van der Waals surface area contributed by atoms with Crippen LogP contribution in [0.3, 0.4) is 0 Å². The van der Waals surface area contributed by atoms with Crippen molar-refractivity contribution < 1.29 is 9.32 Å². The van der Waals surface area contributed by atoms with Crippen LogP contribution >= 0.6 is 22.9 Å². The first-order valence-electron chi connectivity index (χ1n) is 8.50. The third kappa shape index (κ3) is 4.94. The number of carbonyl (C=O) groups excluding carboxylic acids is 1. The summed E-state index contributed by atoms with van der Waals surface area (Å²) < 4.78 is 5.24. The Bertz CT molecular complexity index is 973. The molecule has 138 valence electrons. The number of carbonyl (C=O) groups is 1. The Morgan fingerprint density at radius 2 is 2.15 bits per heavy atom. The molecule has 0 fully saturated rings. The van der Waals surface area contributed by atoms with E-state index in [1.807, 2.05) is 25.1 Å². The predicted octanol–water partition coefficient (Wildman–Crippen LogP) is 4.85. The second kappa shape index (κ2) is 8.80. The second-order valence-electron chi connectivity index (χ2n) is 5.84. The highest BCUT2D eigenvalue weighted by Gasteiger charge is 2.13. The number of hydrogen-bond donors (Lipinski definition) is 1. The Kier molecular flexibility index (Phi) is 6.22. The van der Waals surface area contributed by atoms with Gasteiger partial charge in [0.2, 0.25) is 17.6 Å². The minimum Gasteiger partial charge on any atom is -0.339 e. The van der Waals surface area contributed by atoms with E-state index in [1.165, 1.54) is 11.3 Å². The van der Waals surface area contributed by atoms with E-state index in [0.717, 1.165) is 16.9 Å². The number of nitrogens with one attached hydrogen (secondary N) is 1. The summed E-state index contributed by atoms with van der Waals surface area (Å²) in [7, 11) is 0. The average molecular weight is 401 g/mol. The van der Waals surface area contributed by atoms with Crippen molar-refractivity contribution in [2.24, 2.45) is 0 Å². The van der Waals surface area contributed by atoms with Crippen molar-refractivity contribution in [3.8, 4) is 17.5 Å². The number of benzene rings is 1. The van der Waals surface area contributed by atoms with Gasteiger partial charge < -0.3 is 9.84 Å². The summed E-state index contributed by atoms with van der Waals surface area (Å²) in [5, 5.41) is 17.2. The highest BCUT2D eigenvalue weighted by molar-refractivity contribution is 7.16. The fourth-order valence-electron chi connectivity index (χ4n) is 2.45. The van der Waals surface area contributed by atoms with Crippen LogP contribution in [-0.2, 0) is 17.6 Å². The summed E-state index contributed by atoms with van der Waals surface area (Å²) in [5.41, 5.74) is 1.33. The summed E-state index contributed by atoms with van der Waals surface area (Å²) >= 11 is 7.31. The van der Waals surface area contributed by atoms with Crippen LogP contribution in [0, 0.1) is 11.3 Å². The van der Waals surface area contributed by atoms with E-state index < -0.39 is 0 Å². The molecule has 2 aromatic heterocycles. The molecule has 0 spiro atoms. The van der Waals surface area contributed by atoms with Crippen LogP contribution in [0.15, 0.2) is 34.9 Å². The fraction of sp³-hybridized carbons (Fsp3) is 0.263. The van der Waals surface area contributed by atoms with Crippen molar-refractivity contribution in [1.82, 2.24) is 10.1 Å². The van der Waals surface area contributed by atoms with E-state index in [1.54, 1.807) is 12.1 Å². The maximum atomic E-state index is 12.1. The molecule has 1 N–H and O–H groups in total. The number of halogens is 1. The molecule has 0 aliphatic carbocycles. The molecule has 0 saturated carbocycles. The third-order valence-corrected chi connectivity index (χ3v) is 5.32. The monoisotopic (exact) mass is 400 g/mol. The first-order chi connectivity index (χ1) is 13.1. The average Bonchev–Trinajstić information content (AvgIpc) is 3.29. The minimum absolute atomic E-state index is 0.131. The molecule has 0 atom stereocenters. The number of nitrogens with zero attached hydrogens (tertiary/aromatic N) is 3. The van der Waals surface area contributed by atoms with E-state index in [-0.39, 0.29) is 5.91 Å². The van der Waals surface area contributed by atoms with Crippen molar-refractivity contribution in [3.63, 3.8) is 0 Å². The smallest absolute Gasteiger partial charge is 0.226 e. The molecule has 0 aliphatic rings. The van der Waals surface area contributed by atoms with E-state index in [2.05, 4.69) is 21.5 Å². The quantitative estimate of drug-likeness (QED) is 0.612. The van der Waals surface area contributed by atoms with Crippen LogP contribution in [-0.4, -0.2) is 16.0 Å². The summed E-state index contributed by atoms with van der Waals surface area (Å²) in [6, 6.07) is 11.1. The van der Waals surface area contributed by atoms with Crippen LogP contribution in [0.5, 0.6) is 0 Å². The van der Waals surface area contributed by atoms with Crippen LogP contribution in [0.1, 0.15) is 36.1 Å². The normalized spacial score (nSPS) is 10.6. The van der Waals surface area contributed by atoms with E-state index in [9.17, 15) is 4.79 Å². The first-order valence-corrected chi connectivity index (χ1v) is 9.69. The molecule has 0 saturated heterocycles. The van der Waals surface area contributed by atoms with Gasteiger partial charge in [-0.15, -0.1) is 11.3 Å². The van der Waals surface area contributed by atoms with Gasteiger partial charge in [-0.2, -0.15) is 10.2 Å². The molecule has 0 radical (unpaired) electrons. The molecule has 1 aromatic carbocycles. The maximum Gasteiger partial charge on any atom is 0.226 e. The number of aryl methyl sites for hydroxylation is 2. The Morgan fingerprint density at radius 3 is 2.85 bits per heavy atom. The molecular weight excluding hydrogens is 384 g/mol. The van der Waals surface area contributed by atoms with Crippen molar-refractivity contribution >= 4 is 33.8 Å². The molecule has 2 heterocycles. The molecule has 0 aliphatic heterocycles. The molecule has 3 aromatic rings. The lowest BCUT2D eigenvalue weighted by atomic mass is 10.2. The van der Waals surface area contributed by atoms with E-state index in [4.69, 9.17) is 21.4 Å². The van der Waals surface area contributed by atoms with Crippen molar-refractivity contribution in [1.29, 1.82) is 5.26 Å². The fourth-order valence-corrected chi connectivity index (χ4v) is 3.54. The lowest BCUT2D eigenvalue weighted by molar-refractivity contribution is -0.116. The minimum atomic E-state index is -0.131. The number of amides is 1. The zero-order valence-corrected chi connectivity index (χ0v) is 16.2. The van der Waals surface area contributed by atoms with Crippen molar-refractivity contribution in [3.05, 3.63) is 51.7 Å². The highest BCUT2D eigenvalue weighted by atomic mass is 35.5. The van der Waals surface area contributed by atoms with Gasteiger partial charge in [0.05, 0.1) is 5.56 Å². The highest BCUT2D eigenvalue weighted by Crippen LogP contribution is 2.28. The van der Waals surface area contributed by atoms with Crippen LogP contribution in [0.4, 0.5) is 5.00 Å². The molecule has 27 heavy (non-hydrogen) atoms. The lowest BCUT2D eigenvalue weighted by Crippen LogP contribution is -2.11. The summed E-state index contributed by atoms with van der Waals surface area (Å²) in [6.07, 6.45) is 2.22. The Morgan fingerprint density at radius 1 is 1.37 bits per heavy atom. The first kappa shape index (κ1) is 19.1. The van der Waals surface area contributed by atoms with E-state index in [0.29, 0.717) is 46.6 Å². The number of anilines is 1. The van der Waals surface area contributed by atoms with Gasteiger partial charge in [-0.05, 0) is 43.2 Å². The number of rotatable bonds is 7. The van der Waals surface area contributed by atoms with Crippen LogP contribution in [0.2, 0.25) is 5.02 Å². The standard InChI is InChI=1S/C19H17ClN4O2S/c1-2-15-10-13(11-21)19(27-15)22-16(25)4-3-5-17-23-18(24-26-17)12-6-8-14(20)9-7-12/h6-10H,2-5H2,1H3,(H,22,25). The molecule has 0 bridgehead atoms. The maximum absolute atomic E-state index is 12.1. The molecule has 8 heteroatoms. The zero-order valence-electron chi connectivity index (χ0n) is 14.7. The predicted molar refractivity (Wildman–Crippen MR) is 105 cm³/mol. The molecule has 1 amide bonds. The van der Waals surface area contributed by atoms with Gasteiger partial charge in [-0.1, -0.05) is 23.7 Å². The van der Waals surface area contributed by atoms with Crippen molar-refractivity contribution in [2.45, 2.75) is 32.6 Å². The van der Waals surface area contributed by atoms with Crippen LogP contribution in [0.25, 0.3) is 11.4 Å². The SMILES string of the molecule is CCc1cc(C#N)c(NC(=O)CCCc2nc(-c3ccc(Cl)cc3)no2)s1. The lowest BCUT2D eigenvalue weighted by Gasteiger charge is -2.02. The largest absolute Gasteiger partial charge is 0.339 e. The van der Waals surface area contributed by atoms with Gasteiger partial charge in [-0.25, -0.2) is 0 Å². The number of thiophene rings is 1. The number of nitriles is 1. The Labute approximate surface area is 165 Å². The Hall–Kier alpha value is -2.69. The third-order valence-electron chi connectivity index (χ3n) is 3.87. The van der Waals surface area contributed by atoms with Gasteiger partial charge in [0.1, 0.15) is 11.1 Å². The van der Waals surface area contributed by atoms with Crippen LogP contribution < -0.4 is 5.32 Å². The van der Waals surface area contributed by atoms with Crippen molar-refractivity contribution in [2.75, 3.05) is 5.32 Å². The molecule has 0 unspecified atom stereocenters. The van der Waals surface area contributed by atoms with Gasteiger partial charge in [0.25, 0.3) is 0 Å². The topological polar surface area (TPSA) is 91.8 Å².